The number of hydrogen-bond donors (Lipinski definition) is 1. The van der Waals surface area contributed by atoms with Crippen molar-refractivity contribution in [3.05, 3.63) is 35.7 Å². The predicted molar refractivity (Wildman–Crippen MR) is 110 cm³/mol. The molecule has 0 fully saturated rings. The van der Waals surface area contributed by atoms with Gasteiger partial charge in [-0.1, -0.05) is 12.1 Å². The van der Waals surface area contributed by atoms with E-state index in [9.17, 15) is 4.79 Å². The number of benzene rings is 1. The van der Waals surface area contributed by atoms with E-state index in [1.54, 1.807) is 31.2 Å². The highest BCUT2D eigenvalue weighted by atomic mass is 28.4. The van der Waals surface area contributed by atoms with Gasteiger partial charge in [-0.05, 0) is 46.2 Å². The van der Waals surface area contributed by atoms with E-state index in [1.807, 2.05) is 20.8 Å². The molecule has 0 saturated heterocycles. The number of nitrogens with zero attached hydrogens (tertiary/aromatic N) is 4. The number of aromatic nitrogens is 4. The lowest BCUT2D eigenvalue weighted by Crippen LogP contribution is -2.46. The van der Waals surface area contributed by atoms with Gasteiger partial charge in [0, 0.05) is 43.5 Å². The normalized spacial score (nSPS) is 11.4. The van der Waals surface area contributed by atoms with Gasteiger partial charge in [-0.2, -0.15) is 0 Å². The van der Waals surface area contributed by atoms with Crippen molar-refractivity contribution in [2.45, 2.75) is 40.2 Å². The van der Waals surface area contributed by atoms with Crippen molar-refractivity contribution in [1.82, 2.24) is 25.7 Å². The van der Waals surface area contributed by atoms with Gasteiger partial charge in [-0.15, -0.1) is 20.4 Å². The smallest absolute Gasteiger partial charge is 0.374 e. The van der Waals surface area contributed by atoms with Crippen molar-refractivity contribution in [2.24, 2.45) is 0 Å². The van der Waals surface area contributed by atoms with Gasteiger partial charge in [-0.3, -0.25) is 4.79 Å². The van der Waals surface area contributed by atoms with Crippen molar-refractivity contribution in [3.63, 3.8) is 0 Å². The van der Waals surface area contributed by atoms with Crippen LogP contribution in [0, 0.1) is 6.92 Å². The van der Waals surface area contributed by atoms with Crippen LogP contribution in [0.15, 0.2) is 24.3 Å². The highest BCUT2D eigenvalue weighted by Crippen LogP contribution is 2.18. The van der Waals surface area contributed by atoms with Crippen LogP contribution in [0.5, 0.6) is 0 Å². The van der Waals surface area contributed by atoms with E-state index >= 15 is 0 Å². The summed E-state index contributed by atoms with van der Waals surface area (Å²) in [5, 5.41) is 18.7. The molecule has 0 aliphatic heterocycles. The Kier molecular flexibility index (Phi) is 9.25. The second kappa shape index (κ2) is 11.7. The predicted octanol–water partition coefficient (Wildman–Crippen LogP) is 2.41. The Morgan fingerprint density at radius 3 is 2.00 bits per heavy atom. The molecule has 1 aromatic carbocycles. The Bertz CT molecular complexity index is 741. The molecule has 9 nitrogen and oxygen atoms in total. The minimum Gasteiger partial charge on any atom is -0.374 e. The van der Waals surface area contributed by atoms with Crippen molar-refractivity contribution in [2.75, 3.05) is 26.4 Å². The lowest BCUT2D eigenvalue weighted by Gasteiger charge is -2.28. The summed E-state index contributed by atoms with van der Waals surface area (Å²) in [6.45, 7) is 9.65. The highest BCUT2D eigenvalue weighted by molar-refractivity contribution is 6.60. The number of amides is 1. The SMILES string of the molecule is CCO[Si](CCCNC(=O)c1ccc(-c2nnc(C)nn2)cc1)(OCC)OCC. The summed E-state index contributed by atoms with van der Waals surface area (Å²) in [5.74, 6) is 0.788. The molecule has 0 unspecified atom stereocenters. The lowest BCUT2D eigenvalue weighted by atomic mass is 10.1. The summed E-state index contributed by atoms with van der Waals surface area (Å²) in [7, 11) is -2.67. The molecule has 0 radical (unpaired) electrons. The standard InChI is InChI=1S/C19H29N5O4Si/c1-5-26-29(27-6-2,28-7-3)14-8-13-20-19(25)17-11-9-16(10-12-17)18-23-21-15(4)22-24-18/h9-12H,5-8,13-14H2,1-4H3,(H,20,25). The van der Waals surface area contributed by atoms with Crippen molar-refractivity contribution >= 4 is 14.7 Å². The molecular formula is C19H29N5O4Si. The molecular weight excluding hydrogens is 390 g/mol. The molecule has 158 valence electrons. The quantitative estimate of drug-likeness (QED) is 0.413. The summed E-state index contributed by atoms with van der Waals surface area (Å²) in [6.07, 6.45) is 0.713. The summed E-state index contributed by atoms with van der Waals surface area (Å²) >= 11 is 0. The molecule has 0 spiro atoms. The molecule has 1 heterocycles. The van der Waals surface area contributed by atoms with Crippen molar-refractivity contribution in [1.29, 1.82) is 0 Å². The third-order valence-corrected chi connectivity index (χ3v) is 7.17. The molecule has 2 aromatic rings. The Hall–Kier alpha value is -2.27. The molecule has 1 N–H and O–H groups in total. The molecule has 2 rings (SSSR count). The summed E-state index contributed by atoms with van der Waals surface area (Å²) in [6, 6.07) is 7.67. The second-order valence-corrected chi connectivity index (χ2v) is 8.92. The Morgan fingerprint density at radius 1 is 0.931 bits per heavy atom. The van der Waals surface area contributed by atoms with Crippen LogP contribution in [0.1, 0.15) is 43.4 Å². The van der Waals surface area contributed by atoms with Crippen LogP contribution in [0.2, 0.25) is 6.04 Å². The fraction of sp³-hybridized carbons (Fsp3) is 0.526. The summed E-state index contributed by atoms with van der Waals surface area (Å²) in [5.41, 5.74) is 1.31. The van der Waals surface area contributed by atoms with Gasteiger partial charge in [-0.25, -0.2) is 0 Å². The highest BCUT2D eigenvalue weighted by Gasteiger charge is 2.39. The van der Waals surface area contributed by atoms with Crippen LogP contribution >= 0.6 is 0 Å². The zero-order chi connectivity index (χ0) is 21.1. The lowest BCUT2D eigenvalue weighted by molar-refractivity contribution is 0.0705. The number of carbonyl (C=O) groups excluding carboxylic acids is 1. The summed E-state index contributed by atoms with van der Waals surface area (Å²) < 4.78 is 17.5. The fourth-order valence-electron chi connectivity index (χ4n) is 2.78. The van der Waals surface area contributed by atoms with Crippen LogP contribution in [0.25, 0.3) is 11.4 Å². The molecule has 1 amide bonds. The average Bonchev–Trinajstić information content (AvgIpc) is 2.72. The van der Waals surface area contributed by atoms with Gasteiger partial charge in [0.05, 0.1) is 0 Å². The number of hydrogen-bond acceptors (Lipinski definition) is 8. The molecule has 1 aromatic heterocycles. The minimum atomic E-state index is -2.67. The molecule has 0 saturated carbocycles. The molecule has 0 bridgehead atoms. The monoisotopic (exact) mass is 419 g/mol. The Labute approximate surface area is 172 Å². The van der Waals surface area contributed by atoms with Gasteiger partial charge >= 0.3 is 8.80 Å². The Balaban J connectivity index is 1.87. The Morgan fingerprint density at radius 2 is 1.48 bits per heavy atom. The van der Waals surface area contributed by atoms with Gasteiger partial charge in [0.2, 0.25) is 5.82 Å². The number of rotatable bonds is 12. The first-order valence-electron chi connectivity index (χ1n) is 9.88. The van der Waals surface area contributed by atoms with Gasteiger partial charge in [0.15, 0.2) is 5.82 Å². The van der Waals surface area contributed by atoms with E-state index in [-0.39, 0.29) is 5.91 Å². The van der Waals surface area contributed by atoms with E-state index in [0.717, 1.165) is 5.56 Å². The van der Waals surface area contributed by atoms with Gasteiger partial charge in [0.1, 0.15) is 0 Å². The maximum Gasteiger partial charge on any atom is 0.500 e. The van der Waals surface area contributed by atoms with E-state index in [2.05, 4.69) is 25.7 Å². The number of carbonyl (C=O) groups is 1. The molecule has 0 aliphatic carbocycles. The first kappa shape index (κ1) is 23.0. The summed E-state index contributed by atoms with van der Waals surface area (Å²) in [4.78, 5) is 12.4. The first-order valence-corrected chi connectivity index (χ1v) is 11.8. The molecule has 0 aliphatic rings. The first-order chi connectivity index (χ1) is 14.0. The van der Waals surface area contributed by atoms with Gasteiger partial charge in [0.25, 0.3) is 5.91 Å². The van der Waals surface area contributed by atoms with Crippen LogP contribution in [0.3, 0.4) is 0 Å². The molecule has 10 heteroatoms. The zero-order valence-electron chi connectivity index (χ0n) is 17.5. The zero-order valence-corrected chi connectivity index (χ0v) is 18.5. The largest absolute Gasteiger partial charge is 0.500 e. The minimum absolute atomic E-state index is 0.144. The molecule has 29 heavy (non-hydrogen) atoms. The van der Waals surface area contributed by atoms with E-state index < -0.39 is 8.80 Å². The van der Waals surface area contributed by atoms with E-state index in [4.69, 9.17) is 13.3 Å². The van der Waals surface area contributed by atoms with Crippen molar-refractivity contribution in [3.8, 4) is 11.4 Å². The third kappa shape index (κ3) is 6.93. The fourth-order valence-corrected chi connectivity index (χ4v) is 5.39. The van der Waals surface area contributed by atoms with Crippen LogP contribution in [-0.4, -0.2) is 61.5 Å². The van der Waals surface area contributed by atoms with Crippen LogP contribution in [0.4, 0.5) is 0 Å². The van der Waals surface area contributed by atoms with E-state index in [0.29, 0.717) is 56.0 Å². The molecule has 0 atom stereocenters. The maximum absolute atomic E-state index is 12.4. The number of aryl methyl sites for hydroxylation is 1. The van der Waals surface area contributed by atoms with Crippen LogP contribution in [-0.2, 0) is 13.3 Å². The van der Waals surface area contributed by atoms with Crippen LogP contribution < -0.4 is 5.32 Å². The second-order valence-electron chi connectivity index (χ2n) is 6.19. The topological polar surface area (TPSA) is 108 Å². The van der Waals surface area contributed by atoms with Crippen molar-refractivity contribution < 1.29 is 18.1 Å². The maximum atomic E-state index is 12.4. The van der Waals surface area contributed by atoms with Gasteiger partial charge < -0.3 is 18.6 Å². The third-order valence-electron chi connectivity index (χ3n) is 4.02. The van der Waals surface area contributed by atoms with E-state index in [1.165, 1.54) is 0 Å². The average molecular weight is 420 g/mol. The number of nitrogens with one attached hydrogen (secondary N) is 1.